The van der Waals surface area contributed by atoms with Crippen molar-refractivity contribution in [2.75, 3.05) is 18.5 Å². The molecule has 1 saturated carbocycles. The van der Waals surface area contributed by atoms with E-state index in [0.29, 0.717) is 10.7 Å². The molecule has 0 aromatic heterocycles. The highest BCUT2D eigenvalue weighted by Gasteiger charge is 2.32. The lowest BCUT2D eigenvalue weighted by Gasteiger charge is -2.27. The van der Waals surface area contributed by atoms with E-state index >= 15 is 0 Å². The quantitative estimate of drug-likeness (QED) is 0.782. The molecule has 0 bridgehead atoms. The van der Waals surface area contributed by atoms with Crippen LogP contribution in [0.15, 0.2) is 18.2 Å². The summed E-state index contributed by atoms with van der Waals surface area (Å²) in [5.74, 6) is -0.121. The first kappa shape index (κ1) is 15.3. The summed E-state index contributed by atoms with van der Waals surface area (Å²) < 4.78 is 0. The fourth-order valence-electron chi connectivity index (χ4n) is 2.59. The van der Waals surface area contributed by atoms with Crippen molar-refractivity contribution in [1.29, 1.82) is 0 Å². The first-order chi connectivity index (χ1) is 9.54. The third-order valence-corrected chi connectivity index (χ3v) is 4.35. The maximum absolute atomic E-state index is 11.9. The molecule has 20 heavy (non-hydrogen) atoms. The second-order valence-electron chi connectivity index (χ2n) is 5.51. The number of carbonyl (C=O) groups excluding carboxylic acids is 1. The zero-order valence-electron chi connectivity index (χ0n) is 11.7. The van der Waals surface area contributed by atoms with Gasteiger partial charge in [0, 0.05) is 16.2 Å². The molecule has 0 spiro atoms. The van der Waals surface area contributed by atoms with Crippen LogP contribution in [0, 0.1) is 6.92 Å². The lowest BCUT2D eigenvalue weighted by molar-refractivity contribution is -0.115. The van der Waals surface area contributed by atoms with Crippen molar-refractivity contribution in [2.45, 2.75) is 38.1 Å². The Labute approximate surface area is 124 Å². The molecule has 0 unspecified atom stereocenters. The monoisotopic (exact) mass is 296 g/mol. The van der Waals surface area contributed by atoms with E-state index in [1.165, 1.54) is 0 Å². The summed E-state index contributed by atoms with van der Waals surface area (Å²) in [6, 6.07) is 5.44. The minimum absolute atomic E-state index is 0.0800. The van der Waals surface area contributed by atoms with Gasteiger partial charge < -0.3 is 15.7 Å². The smallest absolute Gasteiger partial charge is 0.238 e. The molecule has 2 rings (SSSR count). The molecule has 0 saturated heterocycles. The number of aryl methyl sites for hydroxylation is 1. The molecule has 1 aromatic carbocycles. The van der Waals surface area contributed by atoms with Crippen LogP contribution in [0.1, 0.15) is 31.2 Å². The first-order valence-corrected chi connectivity index (χ1v) is 7.34. The molecule has 1 amide bonds. The summed E-state index contributed by atoms with van der Waals surface area (Å²) in [7, 11) is 0. The van der Waals surface area contributed by atoms with E-state index in [-0.39, 0.29) is 24.6 Å². The standard InChI is InChI=1S/C15H21ClN2O2/c1-11-4-5-12(8-13(11)16)18-14(20)9-17-15(10-19)6-2-3-7-15/h4-5,8,17,19H,2-3,6-7,9-10H2,1H3,(H,18,20). The Hall–Kier alpha value is -1.10. The first-order valence-electron chi connectivity index (χ1n) is 6.97. The minimum Gasteiger partial charge on any atom is -0.394 e. The Balaban J connectivity index is 1.87. The minimum atomic E-state index is -0.276. The van der Waals surface area contributed by atoms with Crippen molar-refractivity contribution in [2.24, 2.45) is 0 Å². The van der Waals surface area contributed by atoms with Gasteiger partial charge in [-0.25, -0.2) is 0 Å². The van der Waals surface area contributed by atoms with Gasteiger partial charge in [0.2, 0.25) is 5.91 Å². The van der Waals surface area contributed by atoms with Crippen LogP contribution in [-0.4, -0.2) is 29.7 Å². The zero-order valence-corrected chi connectivity index (χ0v) is 12.5. The molecule has 0 radical (unpaired) electrons. The van der Waals surface area contributed by atoms with Crippen molar-refractivity contribution < 1.29 is 9.90 Å². The summed E-state index contributed by atoms with van der Waals surface area (Å²) in [5, 5.41) is 16.1. The second kappa shape index (κ2) is 6.57. The van der Waals surface area contributed by atoms with Crippen molar-refractivity contribution in [3.05, 3.63) is 28.8 Å². The molecule has 0 atom stereocenters. The fraction of sp³-hybridized carbons (Fsp3) is 0.533. The van der Waals surface area contributed by atoms with Crippen molar-refractivity contribution in [3.63, 3.8) is 0 Å². The molecule has 1 aromatic rings. The second-order valence-corrected chi connectivity index (χ2v) is 5.92. The van der Waals surface area contributed by atoms with E-state index in [0.717, 1.165) is 31.2 Å². The Morgan fingerprint density at radius 3 is 2.70 bits per heavy atom. The number of rotatable bonds is 5. The molecule has 110 valence electrons. The van der Waals surface area contributed by atoms with E-state index in [4.69, 9.17) is 11.6 Å². The molecular formula is C15H21ClN2O2. The lowest BCUT2D eigenvalue weighted by atomic mass is 9.99. The van der Waals surface area contributed by atoms with E-state index < -0.39 is 0 Å². The average Bonchev–Trinajstić information content (AvgIpc) is 2.90. The molecule has 3 N–H and O–H groups in total. The van der Waals surface area contributed by atoms with Gasteiger partial charge in [0.05, 0.1) is 13.2 Å². The molecule has 1 fully saturated rings. The van der Waals surface area contributed by atoms with Gasteiger partial charge in [-0.1, -0.05) is 30.5 Å². The number of halogens is 1. The topological polar surface area (TPSA) is 61.4 Å². The maximum Gasteiger partial charge on any atom is 0.238 e. The third-order valence-electron chi connectivity index (χ3n) is 3.94. The third kappa shape index (κ3) is 3.72. The van der Waals surface area contributed by atoms with E-state index in [2.05, 4.69) is 10.6 Å². The molecule has 5 heteroatoms. The Morgan fingerprint density at radius 1 is 1.40 bits per heavy atom. The number of hydrogen-bond donors (Lipinski definition) is 3. The van der Waals surface area contributed by atoms with Gasteiger partial charge in [0.25, 0.3) is 0 Å². The van der Waals surface area contributed by atoms with Gasteiger partial charge in [-0.2, -0.15) is 0 Å². The highest BCUT2D eigenvalue weighted by Crippen LogP contribution is 2.28. The number of benzene rings is 1. The highest BCUT2D eigenvalue weighted by molar-refractivity contribution is 6.31. The van der Waals surface area contributed by atoms with Gasteiger partial charge in [0.1, 0.15) is 0 Å². The SMILES string of the molecule is Cc1ccc(NC(=O)CNC2(CO)CCCC2)cc1Cl. The summed E-state index contributed by atoms with van der Waals surface area (Å²) in [4.78, 5) is 11.9. The van der Waals surface area contributed by atoms with Crippen LogP contribution < -0.4 is 10.6 Å². The Morgan fingerprint density at radius 2 is 2.10 bits per heavy atom. The van der Waals surface area contributed by atoms with Crippen LogP contribution in [0.2, 0.25) is 5.02 Å². The maximum atomic E-state index is 11.9. The van der Waals surface area contributed by atoms with Crippen LogP contribution in [0.5, 0.6) is 0 Å². The molecular weight excluding hydrogens is 276 g/mol. The van der Waals surface area contributed by atoms with Crippen molar-refractivity contribution in [3.8, 4) is 0 Å². The Bertz CT molecular complexity index is 485. The number of amides is 1. The number of anilines is 1. The lowest BCUT2D eigenvalue weighted by Crippen LogP contribution is -2.49. The molecule has 4 nitrogen and oxygen atoms in total. The normalized spacial score (nSPS) is 17.1. The average molecular weight is 297 g/mol. The summed E-state index contributed by atoms with van der Waals surface area (Å²) in [6.45, 7) is 2.20. The number of nitrogens with one attached hydrogen (secondary N) is 2. The number of aliphatic hydroxyl groups is 1. The van der Waals surface area contributed by atoms with Gasteiger partial charge in [-0.15, -0.1) is 0 Å². The van der Waals surface area contributed by atoms with Crippen LogP contribution in [0.25, 0.3) is 0 Å². The number of aliphatic hydroxyl groups excluding tert-OH is 1. The largest absolute Gasteiger partial charge is 0.394 e. The van der Waals surface area contributed by atoms with Gasteiger partial charge in [0.15, 0.2) is 0 Å². The molecule has 1 aliphatic carbocycles. The summed E-state index contributed by atoms with van der Waals surface area (Å²) >= 11 is 6.02. The van der Waals surface area contributed by atoms with Gasteiger partial charge in [-0.05, 0) is 37.5 Å². The Kier molecular flexibility index (Phi) is 5.02. The summed E-state index contributed by atoms with van der Waals surface area (Å²) in [5.41, 5.74) is 1.40. The number of carbonyl (C=O) groups is 1. The molecule has 0 heterocycles. The zero-order chi connectivity index (χ0) is 14.6. The number of hydrogen-bond acceptors (Lipinski definition) is 3. The van der Waals surface area contributed by atoms with E-state index in [1.54, 1.807) is 6.07 Å². The van der Waals surface area contributed by atoms with Crippen molar-refractivity contribution >= 4 is 23.2 Å². The van der Waals surface area contributed by atoms with Crippen LogP contribution in [-0.2, 0) is 4.79 Å². The van der Waals surface area contributed by atoms with Gasteiger partial charge in [-0.3, -0.25) is 4.79 Å². The fourth-order valence-corrected chi connectivity index (χ4v) is 2.77. The predicted molar refractivity (Wildman–Crippen MR) is 81.1 cm³/mol. The van der Waals surface area contributed by atoms with E-state index in [1.807, 2.05) is 19.1 Å². The van der Waals surface area contributed by atoms with Crippen LogP contribution >= 0.6 is 11.6 Å². The van der Waals surface area contributed by atoms with Crippen LogP contribution in [0.4, 0.5) is 5.69 Å². The molecule has 1 aliphatic rings. The van der Waals surface area contributed by atoms with E-state index in [9.17, 15) is 9.90 Å². The van der Waals surface area contributed by atoms with Crippen LogP contribution in [0.3, 0.4) is 0 Å². The highest BCUT2D eigenvalue weighted by atomic mass is 35.5. The molecule has 0 aliphatic heterocycles. The predicted octanol–water partition coefficient (Wildman–Crippen LogP) is 2.48. The van der Waals surface area contributed by atoms with Gasteiger partial charge >= 0.3 is 0 Å². The summed E-state index contributed by atoms with van der Waals surface area (Å²) in [6.07, 6.45) is 4.05. The van der Waals surface area contributed by atoms with Crippen molar-refractivity contribution in [1.82, 2.24) is 5.32 Å².